The van der Waals surface area contributed by atoms with Gasteiger partial charge in [-0.25, -0.2) is 8.78 Å². The SMILES string of the molecule is O=C(Nc1cc(Br)cc2c1C(c1cc(F)ccc1Cl)NC2=O)c1cc(F)cc2c1NC(=O)C2(F)F. The average molecular weight is 569 g/mol. The van der Waals surface area contributed by atoms with Gasteiger partial charge < -0.3 is 16.0 Å². The van der Waals surface area contributed by atoms with Crippen LogP contribution in [-0.2, 0) is 10.7 Å². The summed E-state index contributed by atoms with van der Waals surface area (Å²) >= 11 is 9.47. The minimum atomic E-state index is -4.01. The lowest BCUT2D eigenvalue weighted by Crippen LogP contribution is -2.23. The predicted octanol–water partition coefficient (Wildman–Crippen LogP) is 5.51. The van der Waals surface area contributed by atoms with Crippen LogP contribution in [0.3, 0.4) is 0 Å². The number of fused-ring (bicyclic) bond motifs is 2. The van der Waals surface area contributed by atoms with Gasteiger partial charge in [-0.3, -0.25) is 14.4 Å². The van der Waals surface area contributed by atoms with Crippen molar-refractivity contribution in [2.24, 2.45) is 0 Å². The molecule has 0 saturated carbocycles. The lowest BCUT2D eigenvalue weighted by molar-refractivity contribution is -0.139. The van der Waals surface area contributed by atoms with Gasteiger partial charge in [0.1, 0.15) is 11.6 Å². The molecular weight excluding hydrogens is 558 g/mol. The van der Waals surface area contributed by atoms with Crippen molar-refractivity contribution >= 4 is 56.6 Å². The molecule has 0 saturated heterocycles. The van der Waals surface area contributed by atoms with Crippen molar-refractivity contribution in [2.45, 2.75) is 12.0 Å². The van der Waals surface area contributed by atoms with E-state index in [2.05, 4.69) is 26.6 Å². The fourth-order valence-electron chi connectivity index (χ4n) is 4.14. The molecule has 2 aliphatic rings. The molecule has 3 aromatic carbocycles. The molecule has 2 aliphatic heterocycles. The fraction of sp³-hybridized carbons (Fsp3) is 0.0870. The summed E-state index contributed by atoms with van der Waals surface area (Å²) in [5.41, 5.74) is -1.38. The maximum atomic E-state index is 14.2. The number of alkyl halides is 2. The fourth-order valence-corrected chi connectivity index (χ4v) is 4.83. The Labute approximate surface area is 207 Å². The molecule has 0 spiro atoms. The molecule has 2 heterocycles. The van der Waals surface area contributed by atoms with Gasteiger partial charge >= 0.3 is 5.92 Å². The third kappa shape index (κ3) is 3.75. The smallest absolute Gasteiger partial charge is 0.341 e. The number of rotatable bonds is 3. The van der Waals surface area contributed by atoms with Crippen molar-refractivity contribution in [3.63, 3.8) is 0 Å². The maximum absolute atomic E-state index is 14.2. The number of hydrogen-bond donors (Lipinski definition) is 3. The zero-order valence-corrected chi connectivity index (χ0v) is 19.5. The number of carbonyl (C=O) groups is 3. The highest BCUT2D eigenvalue weighted by atomic mass is 79.9. The van der Waals surface area contributed by atoms with E-state index in [1.807, 2.05) is 5.32 Å². The highest BCUT2D eigenvalue weighted by molar-refractivity contribution is 9.10. The van der Waals surface area contributed by atoms with Crippen molar-refractivity contribution in [3.05, 3.63) is 91.4 Å². The Morgan fingerprint density at radius 2 is 1.80 bits per heavy atom. The topological polar surface area (TPSA) is 87.3 Å². The third-order valence-corrected chi connectivity index (χ3v) is 6.48. The zero-order chi connectivity index (χ0) is 25.2. The quantitative estimate of drug-likeness (QED) is 0.364. The monoisotopic (exact) mass is 567 g/mol. The Balaban J connectivity index is 1.61. The second kappa shape index (κ2) is 8.06. The van der Waals surface area contributed by atoms with Crippen LogP contribution < -0.4 is 16.0 Å². The van der Waals surface area contributed by atoms with Gasteiger partial charge in [0, 0.05) is 31.9 Å². The van der Waals surface area contributed by atoms with Crippen LogP contribution in [0.5, 0.6) is 0 Å². The van der Waals surface area contributed by atoms with Gasteiger partial charge in [0.05, 0.1) is 22.9 Å². The Bertz CT molecular complexity index is 1480. The lowest BCUT2D eigenvalue weighted by atomic mass is 9.96. The molecule has 178 valence electrons. The van der Waals surface area contributed by atoms with E-state index < -0.39 is 58.1 Å². The summed E-state index contributed by atoms with van der Waals surface area (Å²) in [4.78, 5) is 37.4. The molecule has 0 aromatic heterocycles. The average Bonchev–Trinajstić information content (AvgIpc) is 3.23. The van der Waals surface area contributed by atoms with Crippen molar-refractivity contribution in [3.8, 4) is 0 Å². The van der Waals surface area contributed by atoms with Crippen molar-refractivity contribution < 1.29 is 31.9 Å². The Morgan fingerprint density at radius 1 is 1.06 bits per heavy atom. The summed E-state index contributed by atoms with van der Waals surface area (Å²) in [6.45, 7) is 0. The first-order chi connectivity index (χ1) is 16.5. The van der Waals surface area contributed by atoms with Gasteiger partial charge in [0.15, 0.2) is 0 Å². The van der Waals surface area contributed by atoms with Crippen LogP contribution in [0.25, 0.3) is 0 Å². The number of benzene rings is 3. The van der Waals surface area contributed by atoms with E-state index in [4.69, 9.17) is 11.6 Å². The first kappa shape index (κ1) is 23.3. The molecule has 1 atom stereocenters. The highest BCUT2D eigenvalue weighted by Crippen LogP contribution is 2.44. The number of amides is 3. The highest BCUT2D eigenvalue weighted by Gasteiger charge is 2.50. The van der Waals surface area contributed by atoms with Crippen molar-refractivity contribution in [1.82, 2.24) is 5.32 Å². The molecule has 5 rings (SSSR count). The molecule has 0 bridgehead atoms. The molecule has 0 fully saturated rings. The van der Waals surface area contributed by atoms with Gasteiger partial charge in [-0.05, 0) is 42.5 Å². The summed E-state index contributed by atoms with van der Waals surface area (Å²) in [5, 5.41) is 7.23. The Hall–Kier alpha value is -3.44. The molecule has 6 nitrogen and oxygen atoms in total. The standard InChI is InChI=1S/C23H11BrClF4N3O3/c24-8-3-12-17(19(31-20(12)33)11-5-9(26)1-2-15(11)25)16(4-8)30-21(34)13-6-10(27)7-14-18(13)32-22(35)23(14,28)29/h1-7,19H,(H,30,34)(H,31,33)(H,32,35). The Morgan fingerprint density at radius 3 is 2.54 bits per heavy atom. The summed E-state index contributed by atoms with van der Waals surface area (Å²) < 4.78 is 56.8. The first-order valence-corrected chi connectivity index (χ1v) is 11.1. The lowest BCUT2D eigenvalue weighted by Gasteiger charge is -2.19. The van der Waals surface area contributed by atoms with Gasteiger partial charge in [-0.2, -0.15) is 8.78 Å². The second-order valence-electron chi connectivity index (χ2n) is 7.85. The van der Waals surface area contributed by atoms with E-state index in [-0.39, 0.29) is 27.4 Å². The molecule has 12 heteroatoms. The van der Waals surface area contributed by atoms with E-state index in [0.29, 0.717) is 16.6 Å². The van der Waals surface area contributed by atoms with Crippen LogP contribution in [0.15, 0.2) is 46.9 Å². The number of anilines is 2. The molecule has 3 amide bonds. The van der Waals surface area contributed by atoms with Crippen LogP contribution in [-0.4, -0.2) is 17.7 Å². The zero-order valence-electron chi connectivity index (χ0n) is 17.1. The predicted molar refractivity (Wildman–Crippen MR) is 122 cm³/mol. The summed E-state index contributed by atoms with van der Waals surface area (Å²) in [6, 6.07) is 6.73. The van der Waals surface area contributed by atoms with Gasteiger partial charge in [0.25, 0.3) is 17.7 Å². The van der Waals surface area contributed by atoms with E-state index in [1.165, 1.54) is 18.2 Å². The van der Waals surface area contributed by atoms with Crippen LogP contribution in [0.4, 0.5) is 28.9 Å². The largest absolute Gasteiger partial charge is 0.352 e. The third-order valence-electron chi connectivity index (χ3n) is 5.68. The first-order valence-electron chi connectivity index (χ1n) is 9.91. The van der Waals surface area contributed by atoms with Crippen LogP contribution in [0, 0.1) is 11.6 Å². The summed E-state index contributed by atoms with van der Waals surface area (Å²) in [6.07, 6.45) is 0. The van der Waals surface area contributed by atoms with Gasteiger partial charge in [-0.1, -0.05) is 27.5 Å². The minimum absolute atomic E-state index is 0.0529. The number of hydrogen-bond acceptors (Lipinski definition) is 3. The number of nitrogens with one attached hydrogen (secondary N) is 3. The molecule has 3 N–H and O–H groups in total. The number of halogens is 6. The molecule has 0 radical (unpaired) electrons. The van der Waals surface area contributed by atoms with Crippen LogP contribution >= 0.6 is 27.5 Å². The number of carbonyl (C=O) groups excluding carboxylic acids is 3. The Kier molecular flexibility index (Phi) is 5.37. The summed E-state index contributed by atoms with van der Waals surface area (Å²) in [7, 11) is 0. The molecular formula is C23H11BrClF4N3O3. The summed E-state index contributed by atoms with van der Waals surface area (Å²) in [5.74, 6) is -9.01. The van der Waals surface area contributed by atoms with E-state index in [0.717, 1.165) is 12.1 Å². The molecule has 35 heavy (non-hydrogen) atoms. The van der Waals surface area contributed by atoms with Crippen molar-refractivity contribution in [1.29, 1.82) is 0 Å². The second-order valence-corrected chi connectivity index (χ2v) is 9.17. The van der Waals surface area contributed by atoms with E-state index in [9.17, 15) is 31.9 Å². The van der Waals surface area contributed by atoms with Gasteiger partial charge in [0.2, 0.25) is 0 Å². The van der Waals surface area contributed by atoms with E-state index in [1.54, 1.807) is 0 Å². The van der Waals surface area contributed by atoms with Crippen LogP contribution in [0.2, 0.25) is 5.02 Å². The van der Waals surface area contributed by atoms with E-state index >= 15 is 0 Å². The molecule has 1 unspecified atom stereocenters. The van der Waals surface area contributed by atoms with Crippen molar-refractivity contribution in [2.75, 3.05) is 10.6 Å². The molecule has 3 aromatic rings. The normalized spacial score (nSPS) is 17.5. The molecule has 0 aliphatic carbocycles. The maximum Gasteiger partial charge on any atom is 0.352 e. The van der Waals surface area contributed by atoms with Gasteiger partial charge in [-0.15, -0.1) is 0 Å². The minimum Gasteiger partial charge on any atom is -0.341 e. The van der Waals surface area contributed by atoms with Crippen LogP contribution in [0.1, 0.15) is 43.4 Å².